The maximum Gasteiger partial charge on any atom is 0.126 e. The van der Waals surface area contributed by atoms with Gasteiger partial charge < -0.3 is 0 Å². The van der Waals surface area contributed by atoms with E-state index in [0.29, 0.717) is 5.56 Å². The fourth-order valence-electron chi connectivity index (χ4n) is 1.50. The first-order valence-electron chi connectivity index (χ1n) is 4.25. The highest BCUT2D eigenvalue weighted by atomic mass is 19.1. The van der Waals surface area contributed by atoms with E-state index in [1.807, 2.05) is 0 Å². The molecule has 0 spiro atoms. The van der Waals surface area contributed by atoms with Crippen molar-refractivity contribution in [3.8, 4) is 0 Å². The van der Waals surface area contributed by atoms with Gasteiger partial charge in [0.2, 0.25) is 0 Å². The standard InChI is InChI=1S/C10H9F2N/c11-8-4-7(5-9(12)6-8)10-2-1-3-13-10/h4-6H,1-3H2. The molecule has 1 aliphatic heterocycles. The van der Waals surface area contributed by atoms with Gasteiger partial charge in [-0.2, -0.15) is 0 Å². The lowest BCUT2D eigenvalue weighted by molar-refractivity contribution is 0.583. The van der Waals surface area contributed by atoms with Crippen molar-refractivity contribution < 1.29 is 8.78 Å². The lowest BCUT2D eigenvalue weighted by Gasteiger charge is -2.00. The van der Waals surface area contributed by atoms with E-state index in [2.05, 4.69) is 4.99 Å². The lowest BCUT2D eigenvalue weighted by Crippen LogP contribution is -1.97. The second-order valence-electron chi connectivity index (χ2n) is 3.09. The highest BCUT2D eigenvalue weighted by Gasteiger charge is 2.10. The molecule has 1 nitrogen and oxygen atoms in total. The molecule has 0 saturated heterocycles. The first kappa shape index (κ1) is 8.35. The van der Waals surface area contributed by atoms with Crippen LogP contribution < -0.4 is 0 Å². The molecule has 0 fully saturated rings. The maximum absolute atomic E-state index is 12.8. The molecule has 2 rings (SSSR count). The van der Waals surface area contributed by atoms with Crippen LogP contribution in [-0.4, -0.2) is 12.3 Å². The number of rotatable bonds is 1. The molecule has 0 radical (unpaired) electrons. The van der Waals surface area contributed by atoms with Crippen molar-refractivity contribution in [2.24, 2.45) is 4.99 Å². The van der Waals surface area contributed by atoms with Crippen molar-refractivity contribution in [3.05, 3.63) is 35.4 Å². The Labute approximate surface area is 75.1 Å². The summed E-state index contributed by atoms with van der Waals surface area (Å²) in [6.45, 7) is 0.771. The zero-order valence-corrected chi connectivity index (χ0v) is 7.06. The Morgan fingerprint density at radius 3 is 2.31 bits per heavy atom. The molecular formula is C10H9F2N. The summed E-state index contributed by atoms with van der Waals surface area (Å²) in [5.74, 6) is -1.07. The number of hydrogen-bond acceptors (Lipinski definition) is 1. The molecular weight excluding hydrogens is 172 g/mol. The number of aliphatic imine (C=N–C) groups is 1. The Kier molecular flexibility index (Phi) is 2.08. The van der Waals surface area contributed by atoms with Gasteiger partial charge in [-0.3, -0.25) is 4.99 Å². The molecule has 0 bridgehead atoms. The van der Waals surface area contributed by atoms with Gasteiger partial charge in [0, 0.05) is 23.9 Å². The SMILES string of the molecule is Fc1cc(F)cc(C2=NCCC2)c1. The second-order valence-corrected chi connectivity index (χ2v) is 3.09. The number of hydrogen-bond donors (Lipinski definition) is 0. The fourth-order valence-corrected chi connectivity index (χ4v) is 1.50. The average Bonchev–Trinajstić information content (AvgIpc) is 2.53. The van der Waals surface area contributed by atoms with Crippen LogP contribution in [0.5, 0.6) is 0 Å². The quantitative estimate of drug-likeness (QED) is 0.631. The van der Waals surface area contributed by atoms with E-state index in [4.69, 9.17) is 0 Å². The molecule has 68 valence electrons. The summed E-state index contributed by atoms with van der Waals surface area (Å²) in [5.41, 5.74) is 1.40. The van der Waals surface area contributed by atoms with Crippen molar-refractivity contribution in [3.63, 3.8) is 0 Å². The average molecular weight is 181 g/mol. The van der Waals surface area contributed by atoms with Crippen LogP contribution in [0, 0.1) is 11.6 Å². The molecule has 0 aromatic heterocycles. The Hall–Kier alpha value is -1.25. The fraction of sp³-hybridized carbons (Fsp3) is 0.300. The molecule has 1 aromatic carbocycles. The van der Waals surface area contributed by atoms with E-state index in [-0.39, 0.29) is 0 Å². The zero-order valence-electron chi connectivity index (χ0n) is 7.06. The van der Waals surface area contributed by atoms with Crippen LogP contribution in [0.2, 0.25) is 0 Å². The van der Waals surface area contributed by atoms with Gasteiger partial charge in [-0.15, -0.1) is 0 Å². The molecule has 1 aromatic rings. The van der Waals surface area contributed by atoms with Gasteiger partial charge in [-0.25, -0.2) is 8.78 Å². The zero-order chi connectivity index (χ0) is 9.26. The minimum absolute atomic E-state index is 0.537. The van der Waals surface area contributed by atoms with Gasteiger partial charge in [-0.1, -0.05) is 0 Å². The van der Waals surface area contributed by atoms with Crippen LogP contribution in [0.3, 0.4) is 0 Å². The Morgan fingerprint density at radius 1 is 1.08 bits per heavy atom. The molecule has 13 heavy (non-hydrogen) atoms. The van der Waals surface area contributed by atoms with Crippen LogP contribution in [0.15, 0.2) is 23.2 Å². The third-order valence-corrected chi connectivity index (χ3v) is 2.07. The van der Waals surface area contributed by atoms with Crippen LogP contribution in [0.1, 0.15) is 18.4 Å². The largest absolute Gasteiger partial charge is 0.289 e. The van der Waals surface area contributed by atoms with Gasteiger partial charge in [0.1, 0.15) is 11.6 Å². The summed E-state index contributed by atoms with van der Waals surface area (Å²) in [6, 6.07) is 3.53. The Morgan fingerprint density at radius 2 is 1.77 bits per heavy atom. The molecule has 0 saturated carbocycles. The van der Waals surface area contributed by atoms with Gasteiger partial charge in [-0.05, 0) is 25.0 Å². The minimum Gasteiger partial charge on any atom is -0.289 e. The van der Waals surface area contributed by atoms with Crippen molar-refractivity contribution in [2.45, 2.75) is 12.8 Å². The summed E-state index contributed by atoms with van der Waals surface area (Å²) in [4.78, 5) is 4.17. The van der Waals surface area contributed by atoms with Gasteiger partial charge in [0.15, 0.2) is 0 Å². The van der Waals surface area contributed by atoms with Gasteiger partial charge in [0.05, 0.1) is 0 Å². The van der Waals surface area contributed by atoms with E-state index in [9.17, 15) is 8.78 Å². The molecule has 0 atom stereocenters. The lowest BCUT2D eigenvalue weighted by atomic mass is 10.1. The van der Waals surface area contributed by atoms with Crippen LogP contribution in [0.4, 0.5) is 8.78 Å². The topological polar surface area (TPSA) is 12.4 Å². The third-order valence-electron chi connectivity index (χ3n) is 2.07. The normalized spacial score (nSPS) is 16.0. The van der Waals surface area contributed by atoms with E-state index in [1.165, 1.54) is 12.1 Å². The number of halogens is 2. The third kappa shape index (κ3) is 1.74. The number of benzene rings is 1. The van der Waals surface area contributed by atoms with Crippen LogP contribution in [-0.2, 0) is 0 Å². The summed E-state index contributed by atoms with van der Waals surface area (Å²) in [6.07, 6.45) is 1.80. The van der Waals surface area contributed by atoms with Crippen molar-refractivity contribution >= 4 is 5.71 Å². The van der Waals surface area contributed by atoms with E-state index in [1.54, 1.807) is 0 Å². The summed E-state index contributed by atoms with van der Waals surface area (Å²) >= 11 is 0. The highest BCUT2D eigenvalue weighted by molar-refractivity contribution is 6.01. The van der Waals surface area contributed by atoms with Crippen LogP contribution in [0.25, 0.3) is 0 Å². The Bertz CT molecular complexity index is 338. The predicted octanol–water partition coefficient (Wildman–Crippen LogP) is 2.55. The first-order valence-corrected chi connectivity index (χ1v) is 4.25. The second kappa shape index (κ2) is 3.24. The molecule has 0 unspecified atom stereocenters. The van der Waals surface area contributed by atoms with Crippen molar-refractivity contribution in [1.82, 2.24) is 0 Å². The summed E-state index contributed by atoms with van der Waals surface area (Å²) in [7, 11) is 0. The molecule has 0 N–H and O–H groups in total. The minimum atomic E-state index is -0.537. The number of nitrogens with zero attached hydrogens (tertiary/aromatic N) is 1. The van der Waals surface area contributed by atoms with E-state index < -0.39 is 11.6 Å². The molecule has 0 amide bonds. The Balaban J connectivity index is 2.39. The highest BCUT2D eigenvalue weighted by Crippen LogP contribution is 2.15. The van der Waals surface area contributed by atoms with Gasteiger partial charge in [0.25, 0.3) is 0 Å². The van der Waals surface area contributed by atoms with Crippen molar-refractivity contribution in [1.29, 1.82) is 0 Å². The molecule has 3 heteroatoms. The van der Waals surface area contributed by atoms with Crippen molar-refractivity contribution in [2.75, 3.05) is 6.54 Å². The summed E-state index contributed by atoms with van der Waals surface area (Å²) in [5, 5.41) is 0. The summed E-state index contributed by atoms with van der Waals surface area (Å²) < 4.78 is 25.6. The van der Waals surface area contributed by atoms with E-state index in [0.717, 1.165) is 31.2 Å². The molecule has 1 heterocycles. The molecule has 0 aliphatic carbocycles. The van der Waals surface area contributed by atoms with Crippen LogP contribution >= 0.6 is 0 Å². The monoisotopic (exact) mass is 181 g/mol. The smallest absolute Gasteiger partial charge is 0.126 e. The maximum atomic E-state index is 12.8. The molecule has 1 aliphatic rings. The van der Waals surface area contributed by atoms with Gasteiger partial charge >= 0.3 is 0 Å². The first-order chi connectivity index (χ1) is 6.25. The van der Waals surface area contributed by atoms with E-state index >= 15 is 0 Å². The predicted molar refractivity (Wildman–Crippen MR) is 47.0 cm³/mol.